The molecule has 5 N–H and O–H groups in total. The van der Waals surface area contributed by atoms with Crippen LogP contribution in [0.25, 0.3) is 11.1 Å². The number of esters is 1. The summed E-state index contributed by atoms with van der Waals surface area (Å²) >= 11 is 0. The SMILES string of the molecule is CC[C@H](C)[C@@H]1NC(=O)[C@@H]2CCCN2C(=O)[C@H](Cc2cccc(-c3ccc(N4CCNCC4)nc3)c2)N(C)C(=O)[C@H](Cc2ccccc2)NC(=O)[C@H](C(C)C)N(C)C(=O)[C@@H]([C@@H](C)CC)OC(=O)[C@H](C(C)(C)O)N(C)C(=O)[C@H](CC(C)C)NC(=O)[C@H](C(C)C)N(C)C1=O. The van der Waals surface area contributed by atoms with E-state index in [2.05, 4.69) is 26.2 Å². The van der Waals surface area contributed by atoms with Crippen molar-refractivity contribution >= 4 is 59.0 Å². The summed E-state index contributed by atoms with van der Waals surface area (Å²) in [5.41, 5.74) is 1.03. The van der Waals surface area contributed by atoms with Gasteiger partial charge in [0, 0.05) is 91.4 Å². The van der Waals surface area contributed by atoms with Gasteiger partial charge in [0.25, 0.3) is 5.91 Å². The Hall–Kier alpha value is -7.46. The van der Waals surface area contributed by atoms with E-state index >= 15 is 28.8 Å². The first-order valence-electron chi connectivity index (χ1n) is 32.7. The number of rotatable bonds is 15. The second-order valence-electron chi connectivity index (χ2n) is 27.0. The number of likely N-dealkylation sites (N-methyl/N-ethyl adjacent to an activating group) is 4. The van der Waals surface area contributed by atoms with E-state index in [-0.39, 0.29) is 38.1 Å². The quantitative estimate of drug-likeness (QED) is 0.128. The molecule has 22 heteroatoms. The molecule has 11 atom stereocenters. The van der Waals surface area contributed by atoms with Crippen molar-refractivity contribution in [2.45, 2.75) is 188 Å². The Balaban J connectivity index is 1.51. The zero-order chi connectivity index (χ0) is 67.3. The number of fused-ring (bicyclic) bond motifs is 1. The lowest BCUT2D eigenvalue weighted by Gasteiger charge is -2.39. The number of anilines is 1. The Bertz CT molecular complexity index is 3000. The lowest BCUT2D eigenvalue weighted by molar-refractivity contribution is -0.177. The van der Waals surface area contributed by atoms with Crippen LogP contribution in [0, 0.1) is 29.6 Å². The highest BCUT2D eigenvalue weighted by Gasteiger charge is 2.48. The maximum atomic E-state index is 15.8. The molecule has 3 fully saturated rings. The molecule has 0 bridgehead atoms. The summed E-state index contributed by atoms with van der Waals surface area (Å²) in [6, 6.07) is 10.3. The fourth-order valence-electron chi connectivity index (χ4n) is 12.9. The van der Waals surface area contributed by atoms with Crippen LogP contribution in [-0.2, 0) is 60.7 Å². The molecule has 3 saturated heterocycles. The molecule has 3 aliphatic heterocycles. The first-order chi connectivity index (χ1) is 42.9. The molecule has 91 heavy (non-hydrogen) atoms. The molecule has 4 heterocycles. The maximum absolute atomic E-state index is 15.8. The minimum Gasteiger partial charge on any atom is -0.450 e. The molecule has 3 aromatic rings. The van der Waals surface area contributed by atoms with Gasteiger partial charge in [-0.3, -0.25) is 38.4 Å². The summed E-state index contributed by atoms with van der Waals surface area (Å²) in [7, 11) is 5.70. The average Bonchev–Trinajstić information content (AvgIpc) is 1.85. The van der Waals surface area contributed by atoms with Crippen molar-refractivity contribution in [1.29, 1.82) is 0 Å². The molecule has 500 valence electrons. The third kappa shape index (κ3) is 18.0. The number of pyridine rings is 1. The van der Waals surface area contributed by atoms with Crippen LogP contribution in [0.1, 0.15) is 126 Å². The van der Waals surface area contributed by atoms with Gasteiger partial charge in [-0.2, -0.15) is 0 Å². The van der Waals surface area contributed by atoms with Gasteiger partial charge in [0.05, 0.1) is 5.60 Å². The maximum Gasteiger partial charge on any atom is 0.332 e. The second-order valence-corrected chi connectivity index (χ2v) is 27.0. The molecule has 0 unspecified atom stereocenters. The molecule has 0 aliphatic carbocycles. The number of hydrogen-bond donors (Lipinski definition) is 5. The number of cyclic esters (lactones) is 1. The van der Waals surface area contributed by atoms with E-state index in [0.717, 1.165) is 48.0 Å². The predicted octanol–water partition coefficient (Wildman–Crippen LogP) is 4.84. The van der Waals surface area contributed by atoms with Gasteiger partial charge >= 0.3 is 5.97 Å². The lowest BCUT2D eigenvalue weighted by atomic mass is 9.93. The van der Waals surface area contributed by atoms with Crippen molar-refractivity contribution in [3.63, 3.8) is 0 Å². The van der Waals surface area contributed by atoms with E-state index in [1.807, 2.05) is 88.5 Å². The fourth-order valence-corrected chi connectivity index (χ4v) is 12.9. The number of aromatic nitrogens is 1. The smallest absolute Gasteiger partial charge is 0.332 e. The summed E-state index contributed by atoms with van der Waals surface area (Å²) in [4.78, 5) is 150. The molecule has 0 radical (unpaired) electrons. The highest BCUT2D eigenvalue weighted by molar-refractivity contribution is 5.99. The highest BCUT2D eigenvalue weighted by atomic mass is 16.6. The number of hydrogen-bond acceptors (Lipinski definition) is 14. The van der Waals surface area contributed by atoms with E-state index in [1.165, 1.54) is 61.6 Å². The van der Waals surface area contributed by atoms with Crippen LogP contribution in [0.3, 0.4) is 0 Å². The van der Waals surface area contributed by atoms with Gasteiger partial charge < -0.3 is 60.5 Å². The topological polar surface area (TPSA) is 264 Å². The highest BCUT2D eigenvalue weighted by Crippen LogP contribution is 2.29. The summed E-state index contributed by atoms with van der Waals surface area (Å²) < 4.78 is 6.15. The largest absolute Gasteiger partial charge is 0.450 e. The van der Waals surface area contributed by atoms with Crippen molar-refractivity contribution in [3.8, 4) is 11.1 Å². The molecular weight excluding hydrogens is 1160 g/mol. The zero-order valence-electron chi connectivity index (χ0n) is 56.7. The summed E-state index contributed by atoms with van der Waals surface area (Å²) in [5.74, 6) is -8.00. The van der Waals surface area contributed by atoms with Gasteiger partial charge in [-0.15, -0.1) is 0 Å². The minimum absolute atomic E-state index is 0.0230. The second kappa shape index (κ2) is 32.2. The Kier molecular flexibility index (Phi) is 25.7. The molecule has 0 spiro atoms. The van der Waals surface area contributed by atoms with E-state index in [9.17, 15) is 19.5 Å². The van der Waals surface area contributed by atoms with Crippen LogP contribution in [0.2, 0.25) is 0 Å². The summed E-state index contributed by atoms with van der Waals surface area (Å²) in [6.45, 7) is 24.0. The molecule has 6 rings (SSSR count). The molecule has 1 aromatic heterocycles. The van der Waals surface area contributed by atoms with Crippen LogP contribution in [-0.4, -0.2) is 209 Å². The molecule has 8 amide bonds. The van der Waals surface area contributed by atoms with Gasteiger partial charge in [-0.05, 0) is 92.0 Å². The van der Waals surface area contributed by atoms with Crippen LogP contribution < -0.4 is 26.2 Å². The van der Waals surface area contributed by atoms with E-state index in [4.69, 9.17) is 9.72 Å². The Morgan fingerprint density at radius 1 is 0.604 bits per heavy atom. The van der Waals surface area contributed by atoms with Gasteiger partial charge in [0.15, 0.2) is 12.1 Å². The normalized spacial score (nSPS) is 25.6. The number of piperazine rings is 1. The number of aliphatic hydroxyl groups is 1. The number of amides is 8. The molecule has 2 aromatic carbocycles. The summed E-state index contributed by atoms with van der Waals surface area (Å²) in [5, 5.41) is 24.0. The molecular formula is C69H103N11O11. The minimum atomic E-state index is -1.99. The Labute approximate surface area is 539 Å². The average molecular weight is 1260 g/mol. The molecule has 22 nitrogen and oxygen atoms in total. The van der Waals surface area contributed by atoms with Gasteiger partial charge in [-0.1, -0.05) is 130 Å². The van der Waals surface area contributed by atoms with Crippen LogP contribution >= 0.6 is 0 Å². The summed E-state index contributed by atoms with van der Waals surface area (Å²) in [6.07, 6.45) is 1.71. The van der Waals surface area contributed by atoms with Crippen molar-refractivity contribution in [1.82, 2.24) is 50.8 Å². The van der Waals surface area contributed by atoms with Crippen LogP contribution in [0.5, 0.6) is 0 Å². The van der Waals surface area contributed by atoms with Crippen molar-refractivity contribution in [2.75, 3.05) is 65.8 Å². The monoisotopic (exact) mass is 1260 g/mol. The number of ether oxygens (including phenoxy) is 1. The van der Waals surface area contributed by atoms with E-state index in [1.54, 1.807) is 53.7 Å². The van der Waals surface area contributed by atoms with Gasteiger partial charge in [-0.25, -0.2) is 9.78 Å². The van der Waals surface area contributed by atoms with Gasteiger partial charge in [0.1, 0.15) is 48.1 Å². The third-order valence-electron chi connectivity index (χ3n) is 18.4. The molecule has 0 saturated carbocycles. The standard InChI is InChI=1S/C69H103N11O11/c1-17-44(9)55-66(87)76(14)56(42(5)6)61(82)72-50(36-41(3)4)64(85)78(16)59(69(11,12)90)68(89)91-58(45(10)18-2)67(88)77(15)57(43(7)8)62(83)73-51(38-46-24-20-19-21-25-46)63(84)75(13)53(65(86)80-33-23-28-52(80)60(81)74-55)39-47-26-22-27-48(37-47)49-29-30-54(71-40-49)79-34-31-70-32-35-79/h19-22,24-27,29-30,37,40-45,50-53,55-59,70,90H,17-18,23,28,31-36,38-39H2,1-16H3,(H,72,82)(H,73,83)(H,74,81)/t44-,45-,50-,51-,52-,53-,55-,56-,57-,58+,59+/m0/s1. The zero-order valence-corrected chi connectivity index (χ0v) is 56.7. The van der Waals surface area contributed by atoms with Crippen molar-refractivity contribution in [3.05, 3.63) is 84.1 Å². The lowest BCUT2D eigenvalue weighted by Crippen LogP contribution is -2.63. The van der Waals surface area contributed by atoms with Crippen molar-refractivity contribution in [2.24, 2.45) is 29.6 Å². The Morgan fingerprint density at radius 3 is 1.75 bits per heavy atom. The fraction of sp³-hybridized carbons (Fsp3) is 0.623. The van der Waals surface area contributed by atoms with E-state index < -0.39 is 137 Å². The third-order valence-corrected chi connectivity index (χ3v) is 18.4. The number of nitrogens with zero attached hydrogens (tertiary/aromatic N) is 7. The van der Waals surface area contributed by atoms with Crippen molar-refractivity contribution < 1.29 is 53.0 Å². The van der Waals surface area contributed by atoms with E-state index in [0.29, 0.717) is 30.4 Å². The number of nitrogens with one attached hydrogen (secondary N) is 4. The number of carbonyl (C=O) groups is 9. The van der Waals surface area contributed by atoms with Crippen LogP contribution in [0.15, 0.2) is 72.9 Å². The first-order valence-corrected chi connectivity index (χ1v) is 32.7. The van der Waals surface area contributed by atoms with Gasteiger partial charge in [0.2, 0.25) is 41.4 Å². The van der Waals surface area contributed by atoms with Crippen LogP contribution in [0.4, 0.5) is 5.82 Å². The first kappa shape index (κ1) is 72.6. The number of benzene rings is 2. The molecule has 3 aliphatic rings. The Morgan fingerprint density at radius 2 is 1.19 bits per heavy atom. The number of carbonyl (C=O) groups excluding carboxylic acids is 9. The predicted molar refractivity (Wildman–Crippen MR) is 350 cm³/mol.